The predicted molar refractivity (Wildman–Crippen MR) is 111 cm³/mol. The van der Waals surface area contributed by atoms with Gasteiger partial charge in [0, 0.05) is 18.7 Å². The van der Waals surface area contributed by atoms with Crippen LogP contribution < -0.4 is 14.8 Å². The van der Waals surface area contributed by atoms with E-state index in [0.29, 0.717) is 42.6 Å². The summed E-state index contributed by atoms with van der Waals surface area (Å²) in [7, 11) is 0. The molecule has 2 N–H and O–H groups in total. The molecule has 2 amide bonds. The monoisotopic (exact) mass is 406 g/mol. The molecule has 8 heteroatoms. The summed E-state index contributed by atoms with van der Waals surface area (Å²) in [6.45, 7) is 1.99. The van der Waals surface area contributed by atoms with Crippen LogP contribution in [0, 0.1) is 5.92 Å². The number of H-pyrrole nitrogens is 1. The highest BCUT2D eigenvalue weighted by molar-refractivity contribution is 5.99. The van der Waals surface area contributed by atoms with Gasteiger partial charge < -0.3 is 19.7 Å². The average molecular weight is 406 g/mol. The maximum atomic E-state index is 12.9. The SMILES string of the molecule is O=C1COc2ccc(C(=O)N3CCC(COc4cccc5[nH]ncc45)CC3)cc2N1. The number of fused-ring (bicyclic) bond motifs is 2. The molecular formula is C22H22N4O4. The Morgan fingerprint density at radius 1 is 1.23 bits per heavy atom. The van der Waals surface area contributed by atoms with E-state index in [0.717, 1.165) is 29.5 Å². The van der Waals surface area contributed by atoms with Crippen molar-refractivity contribution in [2.24, 2.45) is 5.92 Å². The van der Waals surface area contributed by atoms with Crippen molar-refractivity contribution in [3.05, 3.63) is 48.2 Å². The van der Waals surface area contributed by atoms with Gasteiger partial charge in [0.15, 0.2) is 6.61 Å². The van der Waals surface area contributed by atoms with E-state index in [2.05, 4.69) is 15.5 Å². The fourth-order valence-electron chi connectivity index (χ4n) is 3.98. The fourth-order valence-corrected chi connectivity index (χ4v) is 3.98. The standard InChI is InChI=1S/C22H22N4O4/c27-21-13-30-20-5-4-15(10-18(20)24-21)22(28)26-8-6-14(7-9-26)12-29-19-3-1-2-17-16(19)11-23-25-17/h1-5,10-11,14H,6-9,12-13H2,(H,23,25)(H,24,27). The van der Waals surface area contributed by atoms with Gasteiger partial charge in [-0.2, -0.15) is 5.10 Å². The first-order valence-corrected chi connectivity index (χ1v) is 10.1. The van der Waals surface area contributed by atoms with Crippen LogP contribution in [0.5, 0.6) is 11.5 Å². The van der Waals surface area contributed by atoms with Crippen LogP contribution >= 0.6 is 0 Å². The number of amides is 2. The molecule has 5 rings (SSSR count). The van der Waals surface area contributed by atoms with Crippen molar-refractivity contribution < 1.29 is 19.1 Å². The summed E-state index contributed by atoms with van der Waals surface area (Å²) in [4.78, 5) is 26.3. The lowest BCUT2D eigenvalue weighted by molar-refractivity contribution is -0.118. The highest BCUT2D eigenvalue weighted by Crippen LogP contribution is 2.30. The summed E-state index contributed by atoms with van der Waals surface area (Å²) >= 11 is 0. The Morgan fingerprint density at radius 3 is 2.97 bits per heavy atom. The van der Waals surface area contributed by atoms with Crippen LogP contribution in [0.3, 0.4) is 0 Å². The molecule has 0 radical (unpaired) electrons. The molecule has 0 bridgehead atoms. The lowest BCUT2D eigenvalue weighted by Gasteiger charge is -2.32. The number of aromatic nitrogens is 2. The Labute approximate surface area is 173 Å². The van der Waals surface area contributed by atoms with Crippen molar-refractivity contribution >= 4 is 28.4 Å². The quantitative estimate of drug-likeness (QED) is 0.695. The van der Waals surface area contributed by atoms with E-state index in [-0.39, 0.29) is 18.4 Å². The van der Waals surface area contributed by atoms with Gasteiger partial charge in [0.1, 0.15) is 11.5 Å². The number of hydrogen-bond donors (Lipinski definition) is 2. The van der Waals surface area contributed by atoms with Gasteiger partial charge in [-0.1, -0.05) is 6.07 Å². The van der Waals surface area contributed by atoms with Gasteiger partial charge >= 0.3 is 0 Å². The first kappa shape index (κ1) is 18.5. The second kappa shape index (κ2) is 7.70. The molecule has 3 aromatic rings. The van der Waals surface area contributed by atoms with Crippen molar-refractivity contribution in [1.82, 2.24) is 15.1 Å². The molecule has 2 aromatic carbocycles. The molecule has 3 heterocycles. The topological polar surface area (TPSA) is 96.5 Å². The zero-order chi connectivity index (χ0) is 20.5. The third-order valence-electron chi connectivity index (χ3n) is 5.68. The summed E-state index contributed by atoms with van der Waals surface area (Å²) in [6, 6.07) is 11.0. The van der Waals surface area contributed by atoms with Crippen LogP contribution in [0.15, 0.2) is 42.6 Å². The summed E-state index contributed by atoms with van der Waals surface area (Å²) < 4.78 is 11.4. The number of likely N-dealkylation sites (tertiary alicyclic amines) is 1. The average Bonchev–Trinajstić information content (AvgIpc) is 3.26. The molecule has 1 fully saturated rings. The number of benzene rings is 2. The molecule has 0 unspecified atom stereocenters. The van der Waals surface area contributed by atoms with E-state index in [9.17, 15) is 9.59 Å². The van der Waals surface area contributed by atoms with Crippen LogP contribution in [0.1, 0.15) is 23.2 Å². The third-order valence-corrected chi connectivity index (χ3v) is 5.68. The molecule has 0 atom stereocenters. The molecule has 154 valence electrons. The van der Waals surface area contributed by atoms with Crippen molar-refractivity contribution in [2.75, 3.05) is 31.6 Å². The molecule has 0 aliphatic carbocycles. The molecule has 2 aliphatic heterocycles. The Balaban J connectivity index is 1.18. The van der Waals surface area contributed by atoms with Gasteiger partial charge in [-0.15, -0.1) is 0 Å². The van der Waals surface area contributed by atoms with Gasteiger partial charge in [0.05, 0.1) is 29.4 Å². The lowest BCUT2D eigenvalue weighted by atomic mass is 9.97. The number of nitrogens with one attached hydrogen (secondary N) is 2. The van der Waals surface area contributed by atoms with Gasteiger partial charge in [0.25, 0.3) is 11.8 Å². The zero-order valence-electron chi connectivity index (χ0n) is 16.4. The first-order chi connectivity index (χ1) is 14.7. The molecule has 30 heavy (non-hydrogen) atoms. The second-order valence-corrected chi connectivity index (χ2v) is 7.68. The van der Waals surface area contributed by atoms with Crippen LogP contribution in [0.25, 0.3) is 10.9 Å². The van der Waals surface area contributed by atoms with E-state index in [1.165, 1.54) is 0 Å². The summed E-state index contributed by atoms with van der Waals surface area (Å²) in [6.07, 6.45) is 3.55. The van der Waals surface area contributed by atoms with Crippen molar-refractivity contribution in [3.63, 3.8) is 0 Å². The van der Waals surface area contributed by atoms with Crippen molar-refractivity contribution in [3.8, 4) is 11.5 Å². The Hall–Kier alpha value is -3.55. The normalized spacial score (nSPS) is 16.7. The van der Waals surface area contributed by atoms with Crippen LogP contribution in [-0.4, -0.2) is 53.2 Å². The van der Waals surface area contributed by atoms with E-state index in [1.54, 1.807) is 24.4 Å². The maximum absolute atomic E-state index is 12.9. The van der Waals surface area contributed by atoms with Crippen LogP contribution in [-0.2, 0) is 4.79 Å². The number of anilines is 1. The van der Waals surface area contributed by atoms with E-state index >= 15 is 0 Å². The molecule has 1 saturated heterocycles. The number of carbonyl (C=O) groups is 2. The van der Waals surface area contributed by atoms with Gasteiger partial charge in [-0.25, -0.2) is 0 Å². The van der Waals surface area contributed by atoms with Gasteiger partial charge in [-0.3, -0.25) is 14.7 Å². The molecule has 0 spiro atoms. The van der Waals surface area contributed by atoms with Gasteiger partial charge in [-0.05, 0) is 49.1 Å². The molecule has 1 aromatic heterocycles. The highest BCUT2D eigenvalue weighted by atomic mass is 16.5. The minimum Gasteiger partial charge on any atom is -0.493 e. The Morgan fingerprint density at radius 2 is 2.10 bits per heavy atom. The fraction of sp³-hybridized carbons (Fsp3) is 0.318. The van der Waals surface area contributed by atoms with Crippen LogP contribution in [0.4, 0.5) is 5.69 Å². The summed E-state index contributed by atoms with van der Waals surface area (Å²) in [5.41, 5.74) is 2.06. The van der Waals surface area contributed by atoms with Crippen LogP contribution in [0.2, 0.25) is 0 Å². The summed E-state index contributed by atoms with van der Waals surface area (Å²) in [5.74, 6) is 1.58. The third kappa shape index (κ3) is 3.56. The molecule has 2 aliphatic rings. The second-order valence-electron chi connectivity index (χ2n) is 7.68. The highest BCUT2D eigenvalue weighted by Gasteiger charge is 2.25. The smallest absolute Gasteiger partial charge is 0.262 e. The Kier molecular flexibility index (Phi) is 4.74. The summed E-state index contributed by atoms with van der Waals surface area (Å²) in [5, 5.41) is 10.7. The van der Waals surface area contributed by atoms with E-state index < -0.39 is 0 Å². The molecule has 0 saturated carbocycles. The lowest BCUT2D eigenvalue weighted by Crippen LogP contribution is -2.39. The number of piperidine rings is 1. The van der Waals surface area contributed by atoms with Crippen molar-refractivity contribution in [1.29, 1.82) is 0 Å². The maximum Gasteiger partial charge on any atom is 0.262 e. The number of carbonyl (C=O) groups excluding carboxylic acids is 2. The zero-order valence-corrected chi connectivity index (χ0v) is 16.4. The first-order valence-electron chi connectivity index (χ1n) is 10.1. The number of rotatable bonds is 4. The number of hydrogen-bond acceptors (Lipinski definition) is 5. The molecule has 8 nitrogen and oxygen atoms in total. The minimum absolute atomic E-state index is 0.00494. The predicted octanol–water partition coefficient (Wildman–Crippen LogP) is 2.83. The van der Waals surface area contributed by atoms with E-state index in [4.69, 9.17) is 9.47 Å². The minimum atomic E-state index is -0.209. The number of aromatic amines is 1. The number of ether oxygens (including phenoxy) is 2. The van der Waals surface area contributed by atoms with Gasteiger partial charge in [0.2, 0.25) is 0 Å². The molecular weight excluding hydrogens is 384 g/mol. The largest absolute Gasteiger partial charge is 0.493 e. The Bertz CT molecular complexity index is 1100. The number of nitrogens with zero attached hydrogens (tertiary/aromatic N) is 2. The van der Waals surface area contributed by atoms with E-state index in [1.807, 2.05) is 23.1 Å². The van der Waals surface area contributed by atoms with Crippen molar-refractivity contribution in [2.45, 2.75) is 12.8 Å².